The summed E-state index contributed by atoms with van der Waals surface area (Å²) in [6.45, 7) is 3.31. The van der Waals surface area contributed by atoms with Gasteiger partial charge >= 0.3 is 5.97 Å². The number of nitrogens with one attached hydrogen (secondary N) is 1. The van der Waals surface area contributed by atoms with E-state index in [0.29, 0.717) is 12.8 Å². The lowest BCUT2D eigenvalue weighted by Gasteiger charge is -2.37. The van der Waals surface area contributed by atoms with E-state index in [1.54, 1.807) is 0 Å². The third kappa shape index (κ3) is 2.79. The molecule has 15 heavy (non-hydrogen) atoms. The fourth-order valence-corrected chi connectivity index (χ4v) is 2.46. The molecule has 1 fully saturated rings. The van der Waals surface area contributed by atoms with Crippen LogP contribution in [0, 0.1) is 5.41 Å². The molecule has 0 bridgehead atoms. The molecule has 0 aliphatic heterocycles. The zero-order chi connectivity index (χ0) is 11.5. The van der Waals surface area contributed by atoms with Gasteiger partial charge in [-0.05, 0) is 12.8 Å². The molecule has 0 spiro atoms. The van der Waals surface area contributed by atoms with Crippen molar-refractivity contribution in [1.82, 2.24) is 4.72 Å². The first-order valence-electron chi connectivity index (χ1n) is 4.73. The standard InChI is InChI=1S/C9H15NO4S/c1-2-6-15(13,14)10-7-9(8(11)12)4-3-5-9/h2,10H,1,3-7H2,(H,11,12). The zero-order valence-electron chi connectivity index (χ0n) is 8.40. The number of aliphatic carboxylic acids is 1. The molecule has 6 heteroatoms. The Balaban J connectivity index is 2.55. The third-order valence-electron chi connectivity index (χ3n) is 2.73. The number of hydrogen-bond donors (Lipinski definition) is 2. The molecule has 0 aromatic rings. The summed E-state index contributed by atoms with van der Waals surface area (Å²) in [7, 11) is -3.41. The number of rotatable bonds is 6. The van der Waals surface area contributed by atoms with Gasteiger partial charge in [-0.25, -0.2) is 13.1 Å². The first-order valence-corrected chi connectivity index (χ1v) is 6.39. The van der Waals surface area contributed by atoms with Crippen LogP contribution in [0.25, 0.3) is 0 Å². The summed E-state index contributed by atoms with van der Waals surface area (Å²) in [6, 6.07) is 0. The molecule has 1 aliphatic carbocycles. The lowest BCUT2D eigenvalue weighted by Crippen LogP contribution is -2.47. The minimum atomic E-state index is -3.41. The van der Waals surface area contributed by atoms with Crippen molar-refractivity contribution >= 4 is 16.0 Å². The molecule has 2 N–H and O–H groups in total. The van der Waals surface area contributed by atoms with E-state index in [9.17, 15) is 13.2 Å². The fraction of sp³-hybridized carbons (Fsp3) is 0.667. The average molecular weight is 233 g/mol. The van der Waals surface area contributed by atoms with Crippen molar-refractivity contribution in [2.75, 3.05) is 12.3 Å². The van der Waals surface area contributed by atoms with Crippen molar-refractivity contribution in [3.8, 4) is 0 Å². The Morgan fingerprint density at radius 3 is 2.47 bits per heavy atom. The highest BCUT2D eigenvalue weighted by Gasteiger charge is 2.44. The summed E-state index contributed by atoms with van der Waals surface area (Å²) < 4.78 is 24.8. The lowest BCUT2D eigenvalue weighted by molar-refractivity contribution is -0.153. The van der Waals surface area contributed by atoms with Gasteiger partial charge in [0.1, 0.15) is 0 Å². The van der Waals surface area contributed by atoms with Crippen molar-refractivity contribution in [2.24, 2.45) is 5.41 Å². The van der Waals surface area contributed by atoms with Gasteiger partial charge in [0.05, 0.1) is 11.2 Å². The SMILES string of the molecule is C=CCS(=O)(=O)NCC1(C(=O)O)CCC1. The molecule has 1 rings (SSSR count). The summed E-state index contributed by atoms with van der Waals surface area (Å²) in [4.78, 5) is 10.9. The minimum absolute atomic E-state index is 0.0154. The Morgan fingerprint density at radius 1 is 1.53 bits per heavy atom. The molecule has 5 nitrogen and oxygen atoms in total. The van der Waals surface area contributed by atoms with Gasteiger partial charge < -0.3 is 5.11 Å². The van der Waals surface area contributed by atoms with Crippen LogP contribution in [0.1, 0.15) is 19.3 Å². The van der Waals surface area contributed by atoms with Crippen molar-refractivity contribution < 1.29 is 18.3 Å². The zero-order valence-corrected chi connectivity index (χ0v) is 9.22. The predicted molar refractivity (Wildman–Crippen MR) is 55.9 cm³/mol. The predicted octanol–water partition coefficient (Wildman–Crippen LogP) is 0.347. The van der Waals surface area contributed by atoms with Crippen LogP contribution in [0.2, 0.25) is 0 Å². The normalized spacial score (nSPS) is 19.2. The quantitative estimate of drug-likeness (QED) is 0.648. The maximum absolute atomic E-state index is 11.3. The smallest absolute Gasteiger partial charge is 0.310 e. The van der Waals surface area contributed by atoms with Crippen molar-refractivity contribution in [3.05, 3.63) is 12.7 Å². The van der Waals surface area contributed by atoms with Crippen LogP contribution < -0.4 is 4.72 Å². The molecule has 0 radical (unpaired) electrons. The van der Waals surface area contributed by atoms with Gasteiger partial charge in [0.15, 0.2) is 0 Å². The number of carboxylic acids is 1. The van der Waals surface area contributed by atoms with Crippen LogP contribution in [0.4, 0.5) is 0 Å². The largest absolute Gasteiger partial charge is 0.481 e. The molecule has 0 unspecified atom stereocenters. The lowest BCUT2D eigenvalue weighted by atomic mass is 9.69. The van der Waals surface area contributed by atoms with Gasteiger partial charge in [0.25, 0.3) is 0 Å². The number of carbonyl (C=O) groups is 1. The Kier molecular flexibility index (Phi) is 3.51. The fourth-order valence-electron chi connectivity index (χ4n) is 1.53. The monoisotopic (exact) mass is 233 g/mol. The molecule has 1 saturated carbocycles. The van der Waals surface area contributed by atoms with Crippen molar-refractivity contribution in [2.45, 2.75) is 19.3 Å². The summed E-state index contributed by atoms with van der Waals surface area (Å²) in [5.41, 5.74) is -0.881. The first-order chi connectivity index (χ1) is 6.92. The van der Waals surface area contributed by atoms with E-state index in [4.69, 9.17) is 5.11 Å². The molecule has 86 valence electrons. The van der Waals surface area contributed by atoms with E-state index in [1.165, 1.54) is 6.08 Å². The summed E-state index contributed by atoms with van der Waals surface area (Å²) in [5.74, 6) is -1.10. The van der Waals surface area contributed by atoms with Crippen molar-refractivity contribution in [1.29, 1.82) is 0 Å². The Hall–Kier alpha value is -0.880. The van der Waals surface area contributed by atoms with E-state index in [-0.39, 0.29) is 12.3 Å². The van der Waals surface area contributed by atoms with E-state index >= 15 is 0 Å². The van der Waals surface area contributed by atoms with Crippen LogP contribution in [0.15, 0.2) is 12.7 Å². The third-order valence-corrected chi connectivity index (χ3v) is 3.99. The second-order valence-corrected chi connectivity index (χ2v) is 5.68. The highest BCUT2D eigenvalue weighted by Crippen LogP contribution is 2.40. The maximum atomic E-state index is 11.3. The molecule has 0 aromatic carbocycles. The van der Waals surface area contributed by atoms with Gasteiger partial charge in [-0.1, -0.05) is 12.5 Å². The molecule has 0 heterocycles. The number of carboxylic acid groups (broad SMARTS) is 1. The Bertz CT molecular complexity index is 356. The molecular weight excluding hydrogens is 218 g/mol. The molecule has 1 aliphatic rings. The molecule has 0 atom stereocenters. The van der Waals surface area contributed by atoms with Gasteiger partial charge in [0.2, 0.25) is 10.0 Å². The summed E-state index contributed by atoms with van der Waals surface area (Å²) >= 11 is 0. The van der Waals surface area contributed by atoms with Gasteiger partial charge in [-0.3, -0.25) is 4.79 Å². The maximum Gasteiger partial charge on any atom is 0.310 e. The first kappa shape index (κ1) is 12.2. The average Bonchev–Trinajstić information content (AvgIpc) is 2.00. The number of sulfonamides is 1. The molecule has 0 amide bonds. The number of hydrogen-bond acceptors (Lipinski definition) is 3. The minimum Gasteiger partial charge on any atom is -0.481 e. The highest BCUT2D eigenvalue weighted by atomic mass is 32.2. The second-order valence-electron chi connectivity index (χ2n) is 3.83. The van der Waals surface area contributed by atoms with Gasteiger partial charge in [0, 0.05) is 6.54 Å². The van der Waals surface area contributed by atoms with E-state index < -0.39 is 21.4 Å². The highest BCUT2D eigenvalue weighted by molar-refractivity contribution is 7.89. The topological polar surface area (TPSA) is 83.5 Å². The summed E-state index contributed by atoms with van der Waals surface area (Å²) in [6.07, 6.45) is 3.20. The van der Waals surface area contributed by atoms with Crippen LogP contribution >= 0.6 is 0 Å². The van der Waals surface area contributed by atoms with Crippen LogP contribution in [-0.4, -0.2) is 31.8 Å². The van der Waals surface area contributed by atoms with E-state index in [1.807, 2.05) is 0 Å². The summed E-state index contributed by atoms with van der Waals surface area (Å²) in [5, 5.41) is 8.96. The van der Waals surface area contributed by atoms with E-state index in [0.717, 1.165) is 6.42 Å². The van der Waals surface area contributed by atoms with Crippen LogP contribution in [0.3, 0.4) is 0 Å². The van der Waals surface area contributed by atoms with Crippen LogP contribution in [0.5, 0.6) is 0 Å². The Labute approximate surface area is 89.2 Å². The second kappa shape index (κ2) is 4.32. The molecule has 0 saturated heterocycles. The molecular formula is C9H15NO4S. The van der Waals surface area contributed by atoms with Crippen molar-refractivity contribution in [3.63, 3.8) is 0 Å². The van der Waals surface area contributed by atoms with Gasteiger partial charge in [-0.2, -0.15) is 0 Å². The van der Waals surface area contributed by atoms with E-state index in [2.05, 4.69) is 11.3 Å². The molecule has 0 aromatic heterocycles. The Morgan fingerprint density at radius 2 is 2.13 bits per heavy atom. The van der Waals surface area contributed by atoms with Crippen LogP contribution in [-0.2, 0) is 14.8 Å². The van der Waals surface area contributed by atoms with Gasteiger partial charge in [-0.15, -0.1) is 6.58 Å².